The van der Waals surface area contributed by atoms with Crippen LogP contribution in [-0.4, -0.2) is 92.3 Å². The number of alkyl carbamates (subject to hydrolysis) is 1. The quantitative estimate of drug-likeness (QED) is 0.140. The Morgan fingerprint density at radius 2 is 1.80 bits per heavy atom. The number of carbonyl (C=O) groups excluding carboxylic acids is 4. The summed E-state index contributed by atoms with van der Waals surface area (Å²) in [6, 6.07) is 11.9. The number of fused-ring (bicyclic) bond motifs is 3. The molecular formula is C46H56BrN7O8S2. The van der Waals surface area contributed by atoms with E-state index in [1.54, 1.807) is 27.7 Å². The minimum Gasteiger partial charge on any atom is -0.459 e. The van der Waals surface area contributed by atoms with Crippen LogP contribution in [0.1, 0.15) is 105 Å². The third-order valence-corrected chi connectivity index (χ3v) is 16.1. The molecule has 4 amide bonds. The minimum absolute atomic E-state index is 0.0303. The number of amides is 4. The number of hydrogen-bond donors (Lipinski definition) is 3. The van der Waals surface area contributed by atoms with E-state index in [0.29, 0.717) is 43.6 Å². The second kappa shape index (κ2) is 17.5. The summed E-state index contributed by atoms with van der Waals surface area (Å²) in [6.07, 6.45) is 6.56. The molecule has 0 bridgehead atoms. The summed E-state index contributed by atoms with van der Waals surface area (Å²) in [5, 5.41) is 8.51. The number of thiazole rings is 1. The summed E-state index contributed by atoms with van der Waals surface area (Å²) in [6.45, 7) is 10.8. The van der Waals surface area contributed by atoms with E-state index < -0.39 is 73.8 Å². The lowest BCUT2D eigenvalue weighted by molar-refractivity contribution is -0.141. The fraction of sp³-hybridized carbons (Fsp3) is 0.522. The highest BCUT2D eigenvalue weighted by Crippen LogP contribution is 2.48. The molecule has 2 aromatic carbocycles. The van der Waals surface area contributed by atoms with Gasteiger partial charge in [0, 0.05) is 39.4 Å². The maximum atomic E-state index is 14.8. The topological polar surface area (TPSA) is 191 Å². The molecule has 2 aromatic heterocycles. The zero-order valence-electron chi connectivity index (χ0n) is 37.0. The molecule has 8 rings (SSSR count). The molecule has 3 fully saturated rings. The van der Waals surface area contributed by atoms with Gasteiger partial charge in [0.2, 0.25) is 21.8 Å². The molecule has 0 spiro atoms. The van der Waals surface area contributed by atoms with Gasteiger partial charge in [0.1, 0.15) is 39.9 Å². The second-order valence-electron chi connectivity index (χ2n) is 19.0. The Kier molecular flexibility index (Phi) is 12.5. The highest BCUT2D eigenvalue weighted by Gasteiger charge is 2.63. The Balaban J connectivity index is 1.12. The number of aromatic nitrogens is 3. The maximum absolute atomic E-state index is 14.8. The number of rotatable bonds is 9. The van der Waals surface area contributed by atoms with E-state index in [0.717, 1.165) is 44.7 Å². The first-order valence-electron chi connectivity index (χ1n) is 22.0. The van der Waals surface area contributed by atoms with E-state index in [9.17, 15) is 27.6 Å². The summed E-state index contributed by atoms with van der Waals surface area (Å²) >= 11 is 5.02. The molecule has 4 aromatic rings. The Hall–Kier alpha value is -4.81. The van der Waals surface area contributed by atoms with Gasteiger partial charge in [-0.05, 0) is 104 Å². The van der Waals surface area contributed by atoms with E-state index in [4.69, 9.17) is 19.4 Å². The number of benzene rings is 2. The predicted octanol–water partition coefficient (Wildman–Crippen LogP) is 7.81. The molecule has 0 radical (unpaired) electrons. The van der Waals surface area contributed by atoms with Crippen molar-refractivity contribution in [1.29, 1.82) is 0 Å². The van der Waals surface area contributed by atoms with Crippen molar-refractivity contribution in [3.8, 4) is 27.8 Å². The average Bonchev–Trinajstić information content (AvgIpc) is 3.90. The molecule has 2 saturated carbocycles. The summed E-state index contributed by atoms with van der Waals surface area (Å²) in [7, 11) is -4.01. The zero-order chi connectivity index (χ0) is 45.8. The van der Waals surface area contributed by atoms with Gasteiger partial charge in [-0.15, -0.1) is 11.3 Å². The Labute approximate surface area is 386 Å². The van der Waals surface area contributed by atoms with Crippen LogP contribution in [0.15, 0.2) is 64.5 Å². The Morgan fingerprint density at radius 3 is 2.50 bits per heavy atom. The van der Waals surface area contributed by atoms with E-state index in [1.807, 2.05) is 78.4 Å². The van der Waals surface area contributed by atoms with Gasteiger partial charge in [-0.2, -0.15) is 4.98 Å². The van der Waals surface area contributed by atoms with Gasteiger partial charge in [-0.25, -0.2) is 18.2 Å². The first-order chi connectivity index (χ1) is 30.3. The SMILES string of the molecule is CC(C)n1c(O[C@@H]2C[C@H]3C(=O)N[C@]4(C(=O)NS(=O)(=O)C5(C)CC5)C[C@H]4/C=C\CCCCC[C@H](NC(=O)OC(C)(C)C)C(=O)N3C2)nc2c(-c3nc(-c4ccc(Br)cc4)cs3)cccc21. The van der Waals surface area contributed by atoms with Crippen LogP contribution in [0.5, 0.6) is 6.01 Å². The smallest absolute Gasteiger partial charge is 0.408 e. The van der Waals surface area contributed by atoms with E-state index in [-0.39, 0.29) is 25.4 Å². The summed E-state index contributed by atoms with van der Waals surface area (Å²) in [5.41, 5.74) is 1.80. The van der Waals surface area contributed by atoms with Crippen molar-refractivity contribution in [1.82, 2.24) is 34.8 Å². The lowest BCUT2D eigenvalue weighted by Crippen LogP contribution is -2.58. The van der Waals surface area contributed by atoms with Crippen LogP contribution in [0.25, 0.3) is 32.9 Å². The largest absolute Gasteiger partial charge is 0.459 e. The van der Waals surface area contributed by atoms with Crippen LogP contribution in [0, 0.1) is 5.92 Å². The number of sulfonamides is 1. The van der Waals surface area contributed by atoms with Crippen molar-refractivity contribution in [3.05, 3.63) is 64.5 Å². The van der Waals surface area contributed by atoms with Crippen molar-refractivity contribution in [2.24, 2.45) is 5.92 Å². The van der Waals surface area contributed by atoms with E-state index >= 15 is 0 Å². The number of ether oxygens (including phenoxy) is 2. The van der Waals surface area contributed by atoms with Gasteiger partial charge < -0.3 is 25.0 Å². The highest BCUT2D eigenvalue weighted by atomic mass is 79.9. The van der Waals surface area contributed by atoms with Gasteiger partial charge in [0.25, 0.3) is 11.9 Å². The molecule has 2 aliphatic carbocycles. The van der Waals surface area contributed by atoms with Gasteiger partial charge in [0.05, 0.1) is 22.5 Å². The fourth-order valence-electron chi connectivity index (χ4n) is 8.55. The van der Waals surface area contributed by atoms with Gasteiger partial charge >= 0.3 is 6.09 Å². The number of nitrogens with one attached hydrogen (secondary N) is 3. The predicted molar refractivity (Wildman–Crippen MR) is 248 cm³/mol. The van der Waals surface area contributed by atoms with Crippen LogP contribution in [0.2, 0.25) is 0 Å². The Bertz CT molecular complexity index is 2600. The molecule has 18 heteroatoms. The van der Waals surface area contributed by atoms with Gasteiger partial charge in [0.15, 0.2) is 0 Å². The molecule has 5 atom stereocenters. The molecule has 0 unspecified atom stereocenters. The molecule has 4 aliphatic rings. The number of allylic oxidation sites excluding steroid dienone is 1. The number of carbonyl (C=O) groups is 4. The van der Waals surface area contributed by atoms with Crippen molar-refractivity contribution in [2.45, 2.75) is 139 Å². The minimum atomic E-state index is -4.01. The van der Waals surface area contributed by atoms with E-state index in [1.165, 1.54) is 16.2 Å². The molecule has 64 heavy (non-hydrogen) atoms. The van der Waals surface area contributed by atoms with Crippen LogP contribution in [-0.2, 0) is 29.1 Å². The normalized spacial score (nSPS) is 25.3. The monoisotopic (exact) mass is 977 g/mol. The zero-order valence-corrected chi connectivity index (χ0v) is 40.2. The lowest BCUT2D eigenvalue weighted by atomic mass is 10.0. The molecule has 1 saturated heterocycles. The summed E-state index contributed by atoms with van der Waals surface area (Å²) in [4.78, 5) is 68.1. The van der Waals surface area contributed by atoms with Crippen molar-refractivity contribution < 1.29 is 37.1 Å². The standard InChI is InChI=1S/C46H56BrN7O8S2/c1-27(2)54-35-16-12-14-32(39-48-34(26-63-39)28-17-19-30(47)20-18-28)37(35)50-42(54)61-31-23-36-38(55)51-46(41(57)52-64(59,60)45(6)21-22-45)24-29(46)13-10-8-7-9-11-15-33(40(56)53(36)25-31)49-43(58)62-44(3,4)5/h10,12-14,16-20,26-27,29,31,33,36H,7-9,11,15,21-25H2,1-6H3,(H,49,58)(H,51,55)(H,52,57)/b13-10-/t29-,31-,33+,36+,46-/m1/s1. The number of nitrogens with zero attached hydrogens (tertiary/aromatic N) is 4. The number of hydrogen-bond acceptors (Lipinski definition) is 11. The van der Waals surface area contributed by atoms with Crippen LogP contribution < -0.4 is 20.1 Å². The summed E-state index contributed by atoms with van der Waals surface area (Å²) in [5.74, 6) is -2.37. The van der Waals surface area contributed by atoms with Crippen molar-refractivity contribution in [2.75, 3.05) is 6.54 Å². The molecule has 342 valence electrons. The number of imidazole rings is 1. The van der Waals surface area contributed by atoms with Crippen LogP contribution >= 0.6 is 27.3 Å². The van der Waals surface area contributed by atoms with Crippen molar-refractivity contribution >= 4 is 72.1 Å². The first-order valence-corrected chi connectivity index (χ1v) is 25.2. The van der Waals surface area contributed by atoms with Gasteiger partial charge in [-0.1, -0.05) is 59.1 Å². The fourth-order valence-corrected chi connectivity index (χ4v) is 11.0. The number of para-hydroxylation sites is 1. The first kappa shape index (κ1) is 45.7. The second-order valence-corrected chi connectivity index (χ2v) is 22.9. The highest BCUT2D eigenvalue weighted by molar-refractivity contribution is 9.10. The molecule has 4 heterocycles. The number of halogens is 1. The third kappa shape index (κ3) is 9.46. The van der Waals surface area contributed by atoms with E-state index in [2.05, 4.69) is 31.3 Å². The lowest BCUT2D eigenvalue weighted by Gasteiger charge is -2.30. The van der Waals surface area contributed by atoms with Gasteiger partial charge in [-0.3, -0.25) is 23.7 Å². The molecular weight excluding hydrogens is 923 g/mol. The average molecular weight is 979 g/mol. The third-order valence-electron chi connectivity index (χ3n) is 12.5. The van der Waals surface area contributed by atoms with Crippen molar-refractivity contribution in [3.63, 3.8) is 0 Å². The molecule has 3 N–H and O–H groups in total. The molecule has 15 nitrogen and oxygen atoms in total. The van der Waals surface area contributed by atoms with Crippen LogP contribution in [0.4, 0.5) is 4.79 Å². The Morgan fingerprint density at radius 1 is 1.05 bits per heavy atom. The van der Waals surface area contributed by atoms with Crippen LogP contribution in [0.3, 0.4) is 0 Å². The maximum Gasteiger partial charge on any atom is 0.408 e. The summed E-state index contributed by atoms with van der Waals surface area (Å²) < 4.78 is 43.1. The molecule has 2 aliphatic heterocycles.